The summed E-state index contributed by atoms with van der Waals surface area (Å²) in [5, 5.41) is 13.0. The molecule has 0 atom stereocenters. The molecule has 2 aromatic rings. The summed E-state index contributed by atoms with van der Waals surface area (Å²) in [7, 11) is -3.22. The van der Waals surface area contributed by atoms with Gasteiger partial charge >= 0.3 is 12.0 Å². The number of hydrogen-bond acceptors (Lipinski definition) is 8. The summed E-state index contributed by atoms with van der Waals surface area (Å²) in [6.07, 6.45) is 1.02. The summed E-state index contributed by atoms with van der Waals surface area (Å²) in [6, 6.07) is 0.223. The number of sulfonamides is 1. The summed E-state index contributed by atoms with van der Waals surface area (Å²) in [4.78, 5) is 31.2. The van der Waals surface area contributed by atoms with Crippen LogP contribution in [0.25, 0.3) is 0 Å². The average molecular weight is 398 g/mol. The Labute approximate surface area is 154 Å². The number of aromatic nitrogens is 4. The second-order valence-corrected chi connectivity index (χ2v) is 6.98. The van der Waals surface area contributed by atoms with E-state index >= 15 is 0 Å². The van der Waals surface area contributed by atoms with Gasteiger partial charge in [-0.25, -0.2) is 19.3 Å². The lowest BCUT2D eigenvalue weighted by molar-refractivity contribution is 0.0521. The van der Waals surface area contributed by atoms with Gasteiger partial charge in [0.05, 0.1) is 18.5 Å². The number of aryl methyl sites for hydroxylation is 3. The standard InChI is InChI=1S/C14H18N6O6S/c1-5-26-12(21)10-7-15-19(4)11(10)27(24,25)18-14(22)17-13-16-8(2)6-9(3)20(13)23/h6-7,23H,5H2,1-4H3,(H,18,22). The molecule has 27 heavy (non-hydrogen) atoms. The third kappa shape index (κ3) is 4.31. The molecule has 0 aliphatic rings. The van der Waals surface area contributed by atoms with Gasteiger partial charge in [-0.15, -0.1) is 0 Å². The molecule has 2 N–H and O–H groups in total. The van der Waals surface area contributed by atoms with Crippen molar-refractivity contribution >= 4 is 22.0 Å². The van der Waals surface area contributed by atoms with E-state index in [1.165, 1.54) is 13.1 Å². The molecule has 0 aliphatic heterocycles. The largest absolute Gasteiger partial charge is 0.462 e. The predicted molar refractivity (Wildman–Crippen MR) is 89.3 cm³/mol. The number of hydrogen-bond donors (Lipinski definition) is 2. The van der Waals surface area contributed by atoms with Crippen LogP contribution >= 0.6 is 0 Å². The molecule has 0 unspecified atom stereocenters. The minimum Gasteiger partial charge on any atom is -0.462 e. The van der Waals surface area contributed by atoms with Crippen molar-refractivity contribution in [3.8, 4) is 0 Å². The van der Waals surface area contributed by atoms with Gasteiger partial charge in [-0.3, -0.25) is 4.68 Å². The zero-order valence-electron chi connectivity index (χ0n) is 15.0. The highest BCUT2D eigenvalue weighted by Gasteiger charge is 2.29. The van der Waals surface area contributed by atoms with Crippen LogP contribution in [0.2, 0.25) is 0 Å². The number of rotatable bonds is 4. The molecule has 0 saturated heterocycles. The van der Waals surface area contributed by atoms with Gasteiger partial charge in [0.25, 0.3) is 15.6 Å². The van der Waals surface area contributed by atoms with E-state index in [4.69, 9.17) is 4.74 Å². The molecule has 146 valence electrons. The summed E-state index contributed by atoms with van der Waals surface area (Å²) in [5.41, 5.74) is 0.0637. The van der Waals surface area contributed by atoms with Crippen molar-refractivity contribution in [2.45, 2.75) is 25.8 Å². The Kier molecular flexibility index (Phi) is 5.64. The van der Waals surface area contributed by atoms with Gasteiger partial charge in [0.1, 0.15) is 5.56 Å². The summed E-state index contributed by atoms with van der Waals surface area (Å²) >= 11 is 0. The number of carbonyl (C=O) groups excluding carboxylic acids is 2. The van der Waals surface area contributed by atoms with Crippen molar-refractivity contribution in [1.82, 2.24) is 24.2 Å². The van der Waals surface area contributed by atoms with E-state index in [-0.39, 0.29) is 12.2 Å². The second kappa shape index (κ2) is 7.57. The van der Waals surface area contributed by atoms with Gasteiger partial charge in [-0.05, 0) is 26.8 Å². The first-order valence-corrected chi connectivity index (χ1v) is 9.12. The first kappa shape index (κ1) is 20.1. The van der Waals surface area contributed by atoms with Crippen LogP contribution in [0.3, 0.4) is 0 Å². The number of carbonyl (C=O) groups is 2. The minimum absolute atomic E-state index is 0.0315. The average Bonchev–Trinajstić information content (AvgIpc) is 2.94. The van der Waals surface area contributed by atoms with Crippen LogP contribution in [0.5, 0.6) is 0 Å². The summed E-state index contributed by atoms with van der Waals surface area (Å²) in [6.45, 7) is 4.75. The predicted octanol–water partition coefficient (Wildman–Crippen LogP) is -0.353. The number of esters is 1. The molecule has 13 heteroatoms. The Bertz CT molecular complexity index is 1070. The SMILES string of the molecule is CCOC(=O)c1cnn(C)c1S(=O)(=O)NC(=O)N=c1nc(C)cc(C)n1O. The van der Waals surface area contributed by atoms with E-state index in [2.05, 4.69) is 15.1 Å². The van der Waals surface area contributed by atoms with Gasteiger partial charge in [0, 0.05) is 12.7 Å². The normalized spacial score (nSPS) is 12.1. The molecule has 0 aromatic carbocycles. The van der Waals surface area contributed by atoms with Crippen molar-refractivity contribution in [3.63, 3.8) is 0 Å². The molecule has 2 aromatic heterocycles. The highest BCUT2D eigenvalue weighted by Crippen LogP contribution is 2.15. The van der Waals surface area contributed by atoms with Gasteiger partial charge < -0.3 is 9.94 Å². The Morgan fingerprint density at radius 2 is 2.04 bits per heavy atom. The Morgan fingerprint density at radius 3 is 2.67 bits per heavy atom. The lowest BCUT2D eigenvalue weighted by atomic mass is 10.4. The number of amides is 2. The van der Waals surface area contributed by atoms with E-state index < -0.39 is 32.7 Å². The van der Waals surface area contributed by atoms with Crippen LogP contribution in [0.15, 0.2) is 22.3 Å². The number of nitrogens with one attached hydrogen (secondary N) is 1. The van der Waals surface area contributed by atoms with Crippen LogP contribution in [-0.2, 0) is 21.8 Å². The fraction of sp³-hybridized carbons (Fsp3) is 0.357. The Morgan fingerprint density at radius 1 is 1.37 bits per heavy atom. The molecule has 0 saturated carbocycles. The molecule has 0 radical (unpaired) electrons. The first-order valence-electron chi connectivity index (χ1n) is 7.64. The molecular formula is C14H18N6O6S. The van der Waals surface area contributed by atoms with Crippen LogP contribution in [-0.4, -0.2) is 51.7 Å². The van der Waals surface area contributed by atoms with Crippen LogP contribution < -0.4 is 10.3 Å². The van der Waals surface area contributed by atoms with Crippen molar-refractivity contribution in [3.05, 3.63) is 34.8 Å². The molecule has 2 amide bonds. The van der Waals surface area contributed by atoms with E-state index in [0.29, 0.717) is 16.1 Å². The van der Waals surface area contributed by atoms with Gasteiger partial charge in [0.15, 0.2) is 5.03 Å². The quantitative estimate of drug-likeness (QED) is 0.522. The van der Waals surface area contributed by atoms with Crippen molar-refractivity contribution in [2.24, 2.45) is 12.0 Å². The second-order valence-electron chi connectivity index (χ2n) is 5.38. The highest BCUT2D eigenvalue weighted by molar-refractivity contribution is 7.90. The van der Waals surface area contributed by atoms with E-state index in [1.807, 2.05) is 0 Å². The van der Waals surface area contributed by atoms with Gasteiger partial charge in [-0.2, -0.15) is 23.2 Å². The smallest absolute Gasteiger partial charge is 0.358 e. The zero-order chi connectivity index (χ0) is 20.4. The Hall–Kier alpha value is -3.22. The third-order valence-corrected chi connectivity index (χ3v) is 4.71. The van der Waals surface area contributed by atoms with Gasteiger partial charge in [0.2, 0.25) is 0 Å². The van der Waals surface area contributed by atoms with Crippen molar-refractivity contribution < 1.29 is 28.0 Å². The van der Waals surface area contributed by atoms with Crippen LogP contribution in [0.4, 0.5) is 4.79 Å². The number of ether oxygens (including phenoxy) is 1. The fourth-order valence-electron chi connectivity index (χ4n) is 2.20. The monoisotopic (exact) mass is 398 g/mol. The zero-order valence-corrected chi connectivity index (χ0v) is 15.8. The van der Waals surface area contributed by atoms with Gasteiger partial charge in [-0.1, -0.05) is 0 Å². The molecule has 0 bridgehead atoms. The number of nitrogens with zero attached hydrogens (tertiary/aromatic N) is 5. The number of urea groups is 1. The van der Waals surface area contributed by atoms with E-state index in [0.717, 1.165) is 10.9 Å². The molecule has 12 nitrogen and oxygen atoms in total. The lowest BCUT2D eigenvalue weighted by Crippen LogP contribution is -2.34. The summed E-state index contributed by atoms with van der Waals surface area (Å²) < 4.78 is 32.9. The molecule has 2 rings (SSSR count). The molecule has 2 heterocycles. The maximum atomic E-state index is 12.5. The summed E-state index contributed by atoms with van der Waals surface area (Å²) in [5.74, 6) is -0.903. The van der Waals surface area contributed by atoms with Crippen LogP contribution in [0.1, 0.15) is 28.7 Å². The molecule has 0 spiro atoms. The lowest BCUT2D eigenvalue weighted by Gasteiger charge is -2.08. The first-order chi connectivity index (χ1) is 12.6. The maximum absolute atomic E-state index is 12.5. The van der Waals surface area contributed by atoms with Crippen molar-refractivity contribution in [2.75, 3.05) is 6.61 Å². The molecule has 0 aliphatic carbocycles. The van der Waals surface area contributed by atoms with Crippen molar-refractivity contribution in [1.29, 1.82) is 0 Å². The highest BCUT2D eigenvalue weighted by atomic mass is 32.2. The maximum Gasteiger partial charge on any atom is 0.358 e. The molecule has 0 fully saturated rings. The van der Waals surface area contributed by atoms with Crippen LogP contribution in [0, 0.1) is 13.8 Å². The minimum atomic E-state index is -4.51. The fourth-order valence-corrected chi connectivity index (χ4v) is 3.39. The topological polar surface area (TPSA) is 158 Å². The Balaban J connectivity index is 2.41. The molecular weight excluding hydrogens is 380 g/mol. The third-order valence-electron chi connectivity index (χ3n) is 3.28. The van der Waals surface area contributed by atoms with E-state index in [1.54, 1.807) is 25.5 Å². The van der Waals surface area contributed by atoms with E-state index in [9.17, 15) is 23.2 Å².